The highest BCUT2D eigenvalue weighted by Gasteiger charge is 2.08. The molecule has 0 spiro atoms. The molecule has 1 aromatic carbocycles. The first kappa shape index (κ1) is 13.7. The molecule has 2 aromatic rings. The number of carbonyl (C=O) groups is 1. The van der Waals surface area contributed by atoms with E-state index in [9.17, 15) is 4.79 Å². The van der Waals surface area contributed by atoms with Gasteiger partial charge in [0.05, 0.1) is 0 Å². The lowest BCUT2D eigenvalue weighted by atomic mass is 10.1. The van der Waals surface area contributed by atoms with Gasteiger partial charge in [0, 0.05) is 5.56 Å². The lowest BCUT2D eigenvalue weighted by molar-refractivity contribution is 0.102. The topological polar surface area (TPSA) is 54.9 Å². The molecule has 1 N–H and O–H groups in total. The highest BCUT2D eigenvalue weighted by Crippen LogP contribution is 2.15. The van der Waals surface area contributed by atoms with Crippen molar-refractivity contribution in [1.29, 1.82) is 0 Å². The zero-order chi connectivity index (χ0) is 13.7. The maximum absolute atomic E-state index is 12.0. The molecule has 2 rings (SSSR count). The van der Waals surface area contributed by atoms with Gasteiger partial charge in [0.25, 0.3) is 5.91 Å². The molecule has 0 saturated carbocycles. The van der Waals surface area contributed by atoms with Gasteiger partial charge in [-0.2, -0.15) is 0 Å². The number of unbranched alkanes of at least 4 members (excludes halogenated alkanes) is 1. The Morgan fingerprint density at radius 1 is 1.26 bits per heavy atom. The normalized spacial score (nSPS) is 10.4. The van der Waals surface area contributed by atoms with Gasteiger partial charge in [-0.05, 0) is 37.5 Å². The van der Waals surface area contributed by atoms with Crippen molar-refractivity contribution < 1.29 is 4.79 Å². The average molecular weight is 275 g/mol. The summed E-state index contributed by atoms with van der Waals surface area (Å²) >= 11 is 1.37. The summed E-state index contributed by atoms with van der Waals surface area (Å²) in [4.78, 5) is 12.0. The molecule has 0 aliphatic carbocycles. The standard InChI is InChI=1S/C14H17N3OS/c1-3-4-5-11-6-8-12(9-7-11)13(18)15-14-17-16-10(2)19-14/h6-9H,3-5H2,1-2H3,(H,15,17,18). The van der Waals surface area contributed by atoms with Crippen LogP contribution in [-0.4, -0.2) is 16.1 Å². The second-order valence-electron chi connectivity index (χ2n) is 4.38. The number of nitrogens with one attached hydrogen (secondary N) is 1. The van der Waals surface area contributed by atoms with Crippen LogP contribution in [0.3, 0.4) is 0 Å². The Hall–Kier alpha value is -1.75. The van der Waals surface area contributed by atoms with Crippen LogP contribution in [0.4, 0.5) is 5.13 Å². The van der Waals surface area contributed by atoms with Crippen LogP contribution < -0.4 is 5.32 Å². The first-order valence-electron chi connectivity index (χ1n) is 6.39. The summed E-state index contributed by atoms with van der Waals surface area (Å²) in [6.45, 7) is 4.03. The molecule has 0 atom stereocenters. The number of anilines is 1. The van der Waals surface area contributed by atoms with Gasteiger partial charge in [0.2, 0.25) is 5.13 Å². The van der Waals surface area contributed by atoms with E-state index in [1.807, 2.05) is 31.2 Å². The van der Waals surface area contributed by atoms with Crippen LogP contribution in [0, 0.1) is 6.92 Å². The maximum Gasteiger partial charge on any atom is 0.257 e. The van der Waals surface area contributed by atoms with E-state index in [1.165, 1.54) is 29.7 Å². The molecule has 0 unspecified atom stereocenters. The molecule has 0 fully saturated rings. The SMILES string of the molecule is CCCCc1ccc(C(=O)Nc2nnc(C)s2)cc1. The Morgan fingerprint density at radius 2 is 2.00 bits per heavy atom. The van der Waals surface area contributed by atoms with Crippen LogP contribution in [0.5, 0.6) is 0 Å². The van der Waals surface area contributed by atoms with Crippen LogP contribution in [0.1, 0.15) is 40.7 Å². The summed E-state index contributed by atoms with van der Waals surface area (Å²) in [7, 11) is 0. The molecule has 19 heavy (non-hydrogen) atoms. The van der Waals surface area contributed by atoms with E-state index in [-0.39, 0.29) is 5.91 Å². The molecule has 100 valence electrons. The number of amides is 1. The van der Waals surface area contributed by atoms with E-state index in [4.69, 9.17) is 0 Å². The molecule has 0 saturated heterocycles. The maximum atomic E-state index is 12.0. The Balaban J connectivity index is 1.99. The Bertz CT molecular complexity index is 548. The van der Waals surface area contributed by atoms with Gasteiger partial charge in [-0.15, -0.1) is 10.2 Å². The fourth-order valence-electron chi connectivity index (χ4n) is 1.72. The van der Waals surface area contributed by atoms with Crippen molar-refractivity contribution in [2.45, 2.75) is 33.1 Å². The molecule has 4 nitrogen and oxygen atoms in total. The van der Waals surface area contributed by atoms with Crippen molar-refractivity contribution in [3.63, 3.8) is 0 Å². The zero-order valence-corrected chi connectivity index (χ0v) is 12.0. The fraction of sp³-hybridized carbons (Fsp3) is 0.357. The van der Waals surface area contributed by atoms with Crippen LogP contribution in [0.25, 0.3) is 0 Å². The Labute approximate surface area is 116 Å². The van der Waals surface area contributed by atoms with E-state index in [1.54, 1.807) is 0 Å². The third-order valence-corrected chi connectivity index (χ3v) is 3.54. The number of benzene rings is 1. The van der Waals surface area contributed by atoms with Gasteiger partial charge in [-0.3, -0.25) is 10.1 Å². The largest absolute Gasteiger partial charge is 0.296 e. The Morgan fingerprint density at radius 3 is 2.58 bits per heavy atom. The molecule has 0 aliphatic rings. The summed E-state index contributed by atoms with van der Waals surface area (Å²) < 4.78 is 0. The number of hydrogen-bond acceptors (Lipinski definition) is 4. The molecule has 0 aliphatic heterocycles. The second kappa shape index (κ2) is 6.43. The van der Waals surface area contributed by atoms with Gasteiger partial charge in [-0.1, -0.05) is 36.8 Å². The number of aromatic nitrogens is 2. The highest BCUT2D eigenvalue weighted by atomic mass is 32.1. The third-order valence-electron chi connectivity index (χ3n) is 2.78. The monoisotopic (exact) mass is 275 g/mol. The number of rotatable bonds is 5. The highest BCUT2D eigenvalue weighted by molar-refractivity contribution is 7.15. The van der Waals surface area contributed by atoms with Gasteiger partial charge in [0.15, 0.2) is 0 Å². The molecule has 1 aromatic heterocycles. The predicted molar refractivity (Wildman–Crippen MR) is 77.7 cm³/mol. The molecular formula is C14H17N3OS. The van der Waals surface area contributed by atoms with E-state index >= 15 is 0 Å². The van der Waals surface area contributed by atoms with E-state index in [0.29, 0.717) is 10.7 Å². The zero-order valence-electron chi connectivity index (χ0n) is 11.1. The van der Waals surface area contributed by atoms with Gasteiger partial charge in [-0.25, -0.2) is 0 Å². The van der Waals surface area contributed by atoms with Crippen LogP contribution >= 0.6 is 11.3 Å². The summed E-state index contributed by atoms with van der Waals surface area (Å²) in [5.41, 5.74) is 1.92. The molecular weight excluding hydrogens is 258 g/mol. The summed E-state index contributed by atoms with van der Waals surface area (Å²) in [6, 6.07) is 7.73. The minimum atomic E-state index is -0.141. The number of nitrogens with zero attached hydrogens (tertiary/aromatic N) is 2. The van der Waals surface area contributed by atoms with Crippen molar-refractivity contribution >= 4 is 22.4 Å². The van der Waals surface area contributed by atoms with Crippen molar-refractivity contribution in [2.75, 3.05) is 5.32 Å². The molecule has 1 amide bonds. The smallest absolute Gasteiger partial charge is 0.257 e. The van der Waals surface area contributed by atoms with Crippen molar-refractivity contribution in [2.24, 2.45) is 0 Å². The first-order chi connectivity index (χ1) is 9.19. The van der Waals surface area contributed by atoms with E-state index in [0.717, 1.165) is 11.4 Å². The number of carbonyl (C=O) groups excluding carboxylic acids is 1. The molecule has 5 heteroatoms. The minimum Gasteiger partial charge on any atom is -0.296 e. The summed E-state index contributed by atoms with van der Waals surface area (Å²) in [5, 5.41) is 11.9. The quantitative estimate of drug-likeness (QED) is 0.909. The lowest BCUT2D eigenvalue weighted by Gasteiger charge is -2.03. The predicted octanol–water partition coefficient (Wildman–Crippen LogP) is 3.44. The summed E-state index contributed by atoms with van der Waals surface area (Å²) in [6.07, 6.45) is 3.42. The van der Waals surface area contributed by atoms with Crippen molar-refractivity contribution in [1.82, 2.24) is 10.2 Å². The molecule has 0 bridgehead atoms. The lowest BCUT2D eigenvalue weighted by Crippen LogP contribution is -2.11. The minimum absolute atomic E-state index is 0.141. The van der Waals surface area contributed by atoms with Crippen LogP contribution in [0.2, 0.25) is 0 Å². The summed E-state index contributed by atoms with van der Waals surface area (Å²) in [5.74, 6) is -0.141. The van der Waals surface area contributed by atoms with Crippen LogP contribution in [0.15, 0.2) is 24.3 Å². The van der Waals surface area contributed by atoms with Crippen molar-refractivity contribution in [3.05, 3.63) is 40.4 Å². The van der Waals surface area contributed by atoms with Crippen molar-refractivity contribution in [3.8, 4) is 0 Å². The van der Waals surface area contributed by atoms with E-state index in [2.05, 4.69) is 22.4 Å². The second-order valence-corrected chi connectivity index (χ2v) is 5.56. The van der Waals surface area contributed by atoms with Gasteiger partial charge >= 0.3 is 0 Å². The average Bonchev–Trinajstić information content (AvgIpc) is 2.82. The molecule has 1 heterocycles. The first-order valence-corrected chi connectivity index (χ1v) is 7.21. The van der Waals surface area contributed by atoms with Crippen LogP contribution in [-0.2, 0) is 6.42 Å². The van der Waals surface area contributed by atoms with E-state index < -0.39 is 0 Å². The molecule has 0 radical (unpaired) electrons. The van der Waals surface area contributed by atoms with Gasteiger partial charge < -0.3 is 0 Å². The number of hydrogen-bond donors (Lipinski definition) is 1. The fourth-order valence-corrected chi connectivity index (χ4v) is 2.31. The van der Waals surface area contributed by atoms with Gasteiger partial charge in [0.1, 0.15) is 5.01 Å². The number of aryl methyl sites for hydroxylation is 2. The Kier molecular flexibility index (Phi) is 4.63. The third kappa shape index (κ3) is 3.86.